The van der Waals surface area contributed by atoms with Crippen LogP contribution in [0.3, 0.4) is 0 Å². The summed E-state index contributed by atoms with van der Waals surface area (Å²) in [7, 11) is 0. The first-order valence-electron chi connectivity index (χ1n) is 13.9. The monoisotopic (exact) mass is 630 g/mol. The van der Waals surface area contributed by atoms with Gasteiger partial charge in [-0.3, -0.25) is 14.4 Å². The Hall–Kier alpha value is -3.58. The number of thioether (sulfide) groups is 1. The number of halogens is 3. The summed E-state index contributed by atoms with van der Waals surface area (Å²) >= 11 is 2.61. The number of carbonyl (C=O) groups excluding carboxylic acids is 3. The number of anilines is 1. The summed E-state index contributed by atoms with van der Waals surface area (Å²) < 4.78 is 52.1. The lowest BCUT2D eigenvalue weighted by Gasteiger charge is -2.43. The predicted molar refractivity (Wildman–Crippen MR) is 151 cm³/mol. The number of hydrogen-bond acceptors (Lipinski definition) is 8. The van der Waals surface area contributed by atoms with Crippen LogP contribution in [-0.4, -0.2) is 41.2 Å². The molecule has 3 heterocycles. The number of nitrogens with one attached hydrogen (secondary N) is 1. The molecule has 2 bridgehead atoms. The number of para-hydroxylation sites is 1. The Labute approximate surface area is 251 Å². The van der Waals surface area contributed by atoms with E-state index >= 15 is 0 Å². The van der Waals surface area contributed by atoms with Gasteiger partial charge >= 0.3 is 17.0 Å². The summed E-state index contributed by atoms with van der Waals surface area (Å²) in [6.45, 7) is 1.71. The van der Waals surface area contributed by atoms with Gasteiger partial charge in [-0.1, -0.05) is 35.6 Å². The van der Waals surface area contributed by atoms with Crippen molar-refractivity contribution >= 4 is 46.6 Å². The second-order valence-corrected chi connectivity index (χ2v) is 13.4. The van der Waals surface area contributed by atoms with Crippen molar-refractivity contribution in [3.8, 4) is 5.75 Å². The lowest BCUT2D eigenvalue weighted by Crippen LogP contribution is -2.42. The highest BCUT2D eigenvalue weighted by Crippen LogP contribution is 2.68. The molecule has 0 spiro atoms. The summed E-state index contributed by atoms with van der Waals surface area (Å²) in [5.41, 5.74) is -0.554. The number of imide groups is 1. The number of ether oxygens (including phenoxy) is 2. The Bertz CT molecular complexity index is 1690. The zero-order chi connectivity index (χ0) is 30.2. The number of aromatic amines is 1. The van der Waals surface area contributed by atoms with Crippen molar-refractivity contribution in [2.75, 3.05) is 18.1 Å². The van der Waals surface area contributed by atoms with Crippen LogP contribution in [0, 0.1) is 29.6 Å². The average molecular weight is 631 g/mol. The van der Waals surface area contributed by atoms with E-state index in [2.05, 4.69) is 4.98 Å². The molecule has 4 aliphatic rings. The molecule has 13 heteroatoms. The molecule has 2 amide bonds. The maximum absolute atomic E-state index is 13.9. The highest BCUT2D eigenvalue weighted by molar-refractivity contribution is 8.00. The Morgan fingerprint density at radius 2 is 1.72 bits per heavy atom. The minimum Gasteiger partial charge on any atom is -0.482 e. The van der Waals surface area contributed by atoms with E-state index in [9.17, 15) is 32.3 Å². The van der Waals surface area contributed by atoms with Crippen molar-refractivity contribution in [1.82, 2.24) is 4.98 Å². The first-order valence-corrected chi connectivity index (χ1v) is 15.6. The van der Waals surface area contributed by atoms with Crippen LogP contribution in [-0.2, 0) is 25.3 Å². The van der Waals surface area contributed by atoms with Gasteiger partial charge < -0.3 is 14.5 Å². The van der Waals surface area contributed by atoms with E-state index in [1.54, 1.807) is 19.1 Å². The van der Waals surface area contributed by atoms with Gasteiger partial charge in [-0.15, -0.1) is 11.8 Å². The molecule has 3 aromatic rings. The van der Waals surface area contributed by atoms with Gasteiger partial charge in [0.25, 0.3) is 0 Å². The Balaban J connectivity index is 1.23. The molecule has 1 aromatic heterocycles. The minimum absolute atomic E-state index is 0.108. The number of aromatic nitrogens is 1. The number of benzene rings is 2. The summed E-state index contributed by atoms with van der Waals surface area (Å²) in [6.07, 6.45) is -4.12. The average Bonchev–Trinajstić information content (AvgIpc) is 3.70. The Morgan fingerprint density at radius 1 is 1.02 bits per heavy atom. The van der Waals surface area contributed by atoms with Gasteiger partial charge in [-0.25, -0.2) is 9.69 Å². The molecule has 224 valence electrons. The third kappa shape index (κ3) is 4.42. The SMILES string of the molecule is CCOC(=O)COc1ccc([C@H]2c3sc(=O)[nH]c3SC3C4CC(C5C(=O)N(c6ccccc6C(F)(F)F)C(=O)C45)C32)cc1. The number of nitrogens with zero attached hydrogens (tertiary/aromatic N) is 1. The maximum Gasteiger partial charge on any atom is 0.418 e. The highest BCUT2D eigenvalue weighted by atomic mass is 32.2. The van der Waals surface area contributed by atoms with E-state index in [0.29, 0.717) is 12.2 Å². The van der Waals surface area contributed by atoms with Crippen LogP contribution in [0.15, 0.2) is 58.4 Å². The number of fused-ring (bicyclic) bond motifs is 9. The number of alkyl halides is 3. The molecular weight excluding hydrogens is 605 g/mol. The molecule has 2 saturated carbocycles. The molecular formula is C30H25F3N2O6S2. The van der Waals surface area contributed by atoms with Gasteiger partial charge in [0.15, 0.2) is 6.61 Å². The standard InChI is InChI=1S/C30H25F3N2O6S2/c1-2-40-19(36)12-41-14-9-7-13(8-10-14)20-21-15-11-16(24(21)42-26-25(20)43-29(39)34-26)23-22(15)27(37)35(28(23)38)18-6-4-3-5-17(18)30(31,32)33/h3-10,15-16,20-24H,2,11-12H2,1H3,(H,34,39)/t15?,16?,20-,21?,22?,23?,24?/m1/s1. The molecule has 2 aromatic carbocycles. The summed E-state index contributed by atoms with van der Waals surface area (Å²) in [6, 6.07) is 11.9. The van der Waals surface area contributed by atoms with E-state index in [4.69, 9.17) is 9.47 Å². The van der Waals surface area contributed by atoms with E-state index in [1.807, 2.05) is 12.1 Å². The van der Waals surface area contributed by atoms with Crippen molar-refractivity contribution < 1.29 is 37.0 Å². The fraction of sp³-hybridized carbons (Fsp3) is 0.400. The van der Waals surface area contributed by atoms with E-state index in [0.717, 1.165) is 37.8 Å². The largest absolute Gasteiger partial charge is 0.482 e. The summed E-state index contributed by atoms with van der Waals surface area (Å²) in [5.74, 6) is -3.48. The topological polar surface area (TPSA) is 106 Å². The molecule has 1 N–H and O–H groups in total. The summed E-state index contributed by atoms with van der Waals surface area (Å²) in [4.78, 5) is 56.1. The second-order valence-electron chi connectivity index (χ2n) is 11.1. The van der Waals surface area contributed by atoms with Crippen LogP contribution in [0.1, 0.15) is 35.3 Å². The first-order chi connectivity index (χ1) is 20.6. The molecule has 6 unspecified atom stereocenters. The van der Waals surface area contributed by atoms with Crippen molar-refractivity contribution in [3.63, 3.8) is 0 Å². The Kier molecular flexibility index (Phi) is 6.73. The first kappa shape index (κ1) is 28.2. The van der Waals surface area contributed by atoms with Crippen LogP contribution in [0.4, 0.5) is 18.9 Å². The molecule has 8 nitrogen and oxygen atoms in total. The molecule has 1 saturated heterocycles. The molecule has 7 rings (SSSR count). The molecule has 0 radical (unpaired) electrons. The van der Waals surface area contributed by atoms with Crippen molar-refractivity contribution in [1.29, 1.82) is 0 Å². The van der Waals surface area contributed by atoms with E-state index in [-0.39, 0.29) is 47.0 Å². The third-order valence-electron chi connectivity index (χ3n) is 9.08. The van der Waals surface area contributed by atoms with Gasteiger partial charge in [-0.2, -0.15) is 13.2 Å². The zero-order valence-electron chi connectivity index (χ0n) is 22.6. The van der Waals surface area contributed by atoms with Crippen molar-refractivity contribution in [2.24, 2.45) is 29.6 Å². The molecule has 3 fully saturated rings. The van der Waals surface area contributed by atoms with Gasteiger partial charge in [0, 0.05) is 16.0 Å². The van der Waals surface area contributed by atoms with Crippen LogP contribution < -0.4 is 14.5 Å². The zero-order valence-corrected chi connectivity index (χ0v) is 24.3. The molecule has 43 heavy (non-hydrogen) atoms. The van der Waals surface area contributed by atoms with Gasteiger partial charge in [0.05, 0.1) is 34.7 Å². The fourth-order valence-corrected chi connectivity index (χ4v) is 10.5. The van der Waals surface area contributed by atoms with Crippen LogP contribution in [0.25, 0.3) is 0 Å². The lowest BCUT2D eigenvalue weighted by molar-refractivity contribution is -0.145. The second kappa shape index (κ2) is 10.3. The minimum atomic E-state index is -4.73. The fourth-order valence-electron chi connectivity index (χ4n) is 7.65. The quantitative estimate of drug-likeness (QED) is 0.299. The smallest absolute Gasteiger partial charge is 0.418 e. The number of carbonyl (C=O) groups is 3. The maximum atomic E-state index is 13.9. The highest BCUT2D eigenvalue weighted by Gasteiger charge is 2.70. The van der Waals surface area contributed by atoms with Crippen LogP contribution >= 0.6 is 23.1 Å². The van der Waals surface area contributed by atoms with Gasteiger partial charge in [0.2, 0.25) is 11.8 Å². The molecule has 7 atom stereocenters. The summed E-state index contributed by atoms with van der Waals surface area (Å²) in [5, 5.41) is 0.618. The van der Waals surface area contributed by atoms with Gasteiger partial charge in [-0.05, 0) is 60.9 Å². The number of rotatable bonds is 6. The number of H-pyrrole nitrogens is 1. The number of hydrogen-bond donors (Lipinski definition) is 1. The van der Waals surface area contributed by atoms with E-state index < -0.39 is 47.0 Å². The van der Waals surface area contributed by atoms with Crippen molar-refractivity contribution in [3.05, 3.63) is 74.2 Å². The Morgan fingerprint density at radius 3 is 2.42 bits per heavy atom. The third-order valence-corrected chi connectivity index (χ3v) is 11.7. The number of esters is 1. The van der Waals surface area contributed by atoms with Crippen LogP contribution in [0.5, 0.6) is 5.75 Å². The van der Waals surface area contributed by atoms with Crippen molar-refractivity contribution in [2.45, 2.75) is 35.7 Å². The van der Waals surface area contributed by atoms with Crippen LogP contribution in [0.2, 0.25) is 0 Å². The van der Waals surface area contributed by atoms with E-state index in [1.165, 1.54) is 30.0 Å². The van der Waals surface area contributed by atoms with Gasteiger partial charge in [0.1, 0.15) is 5.75 Å². The number of amides is 2. The lowest BCUT2D eigenvalue weighted by atomic mass is 9.68. The molecule has 2 aliphatic heterocycles. The predicted octanol–water partition coefficient (Wildman–Crippen LogP) is 5.08. The number of thiazole rings is 1. The normalized spacial score (nSPS) is 28.9. The molecule has 2 aliphatic carbocycles.